The SMILES string of the molecule is CC(=O)OCO.CCOC(C)=O. The van der Waals surface area contributed by atoms with E-state index in [2.05, 4.69) is 9.47 Å². The third-order valence-corrected chi connectivity index (χ3v) is 0.615. The van der Waals surface area contributed by atoms with Crippen LogP contribution in [0.2, 0.25) is 0 Å². The molecule has 0 saturated carbocycles. The Morgan fingerprint density at radius 3 is 1.58 bits per heavy atom. The van der Waals surface area contributed by atoms with Crippen molar-refractivity contribution in [3.05, 3.63) is 0 Å². The van der Waals surface area contributed by atoms with Crippen molar-refractivity contribution >= 4 is 11.9 Å². The Hall–Kier alpha value is -1.10. The molecule has 0 heterocycles. The van der Waals surface area contributed by atoms with Crippen molar-refractivity contribution in [2.45, 2.75) is 20.8 Å². The van der Waals surface area contributed by atoms with Crippen molar-refractivity contribution in [3.63, 3.8) is 0 Å². The molecule has 5 heteroatoms. The monoisotopic (exact) mass is 178 g/mol. The fourth-order valence-corrected chi connectivity index (χ4v) is 0.294. The summed E-state index contributed by atoms with van der Waals surface area (Å²) in [5.41, 5.74) is 0. The number of esters is 2. The van der Waals surface area contributed by atoms with E-state index in [0.29, 0.717) is 6.61 Å². The van der Waals surface area contributed by atoms with Crippen molar-refractivity contribution in [2.24, 2.45) is 0 Å². The van der Waals surface area contributed by atoms with Crippen LogP contribution in [0.25, 0.3) is 0 Å². The van der Waals surface area contributed by atoms with Crippen LogP contribution in [0.3, 0.4) is 0 Å². The molecule has 0 atom stereocenters. The maximum Gasteiger partial charge on any atom is 0.304 e. The van der Waals surface area contributed by atoms with E-state index in [1.54, 1.807) is 6.92 Å². The first-order chi connectivity index (χ1) is 5.54. The van der Waals surface area contributed by atoms with E-state index in [0.717, 1.165) is 0 Å². The number of ether oxygens (including phenoxy) is 2. The highest BCUT2D eigenvalue weighted by Crippen LogP contribution is 1.69. The van der Waals surface area contributed by atoms with Gasteiger partial charge in [0.2, 0.25) is 0 Å². The molecule has 0 aromatic heterocycles. The van der Waals surface area contributed by atoms with E-state index < -0.39 is 12.8 Å². The van der Waals surface area contributed by atoms with Crippen LogP contribution in [0.4, 0.5) is 0 Å². The third-order valence-electron chi connectivity index (χ3n) is 0.615. The van der Waals surface area contributed by atoms with Crippen LogP contribution in [0.1, 0.15) is 20.8 Å². The predicted molar refractivity (Wildman–Crippen MR) is 41.2 cm³/mol. The molecule has 0 aliphatic heterocycles. The molecule has 0 aromatic rings. The largest absolute Gasteiger partial charge is 0.466 e. The molecule has 5 nitrogen and oxygen atoms in total. The lowest BCUT2D eigenvalue weighted by Gasteiger charge is -1.89. The maximum absolute atomic E-state index is 9.82. The molecule has 0 rings (SSSR count). The van der Waals surface area contributed by atoms with Gasteiger partial charge in [-0.3, -0.25) is 9.59 Å². The van der Waals surface area contributed by atoms with E-state index in [4.69, 9.17) is 5.11 Å². The second kappa shape index (κ2) is 9.90. The summed E-state index contributed by atoms with van der Waals surface area (Å²) in [6, 6.07) is 0. The minimum absolute atomic E-state index is 0.211. The zero-order valence-electron chi connectivity index (χ0n) is 7.49. The van der Waals surface area contributed by atoms with Gasteiger partial charge in [0.15, 0.2) is 6.79 Å². The molecule has 0 aliphatic rings. The van der Waals surface area contributed by atoms with Gasteiger partial charge in [-0.15, -0.1) is 0 Å². The van der Waals surface area contributed by atoms with Gasteiger partial charge in [-0.1, -0.05) is 0 Å². The van der Waals surface area contributed by atoms with Gasteiger partial charge in [-0.2, -0.15) is 0 Å². The number of carbonyl (C=O) groups excluding carboxylic acids is 2. The van der Waals surface area contributed by atoms with Gasteiger partial charge in [-0.05, 0) is 6.92 Å². The number of hydrogen-bond donors (Lipinski definition) is 1. The summed E-state index contributed by atoms with van der Waals surface area (Å²) in [5.74, 6) is -0.671. The summed E-state index contributed by atoms with van der Waals surface area (Å²) < 4.78 is 8.36. The fraction of sp³-hybridized carbons (Fsp3) is 0.714. The van der Waals surface area contributed by atoms with E-state index in [9.17, 15) is 9.59 Å². The zero-order valence-corrected chi connectivity index (χ0v) is 7.49. The first-order valence-electron chi connectivity index (χ1n) is 3.42. The number of carbonyl (C=O) groups is 2. The van der Waals surface area contributed by atoms with E-state index in [1.165, 1.54) is 13.8 Å². The summed E-state index contributed by atoms with van der Waals surface area (Å²) in [6.45, 7) is 4.37. The summed E-state index contributed by atoms with van der Waals surface area (Å²) in [5, 5.41) is 7.79. The molecule has 0 spiro atoms. The molecule has 0 bridgehead atoms. The Kier molecular flexibility index (Phi) is 11.1. The Labute approximate surface area is 71.3 Å². The summed E-state index contributed by atoms with van der Waals surface area (Å²) in [7, 11) is 0. The van der Waals surface area contributed by atoms with Gasteiger partial charge in [0.25, 0.3) is 0 Å². The van der Waals surface area contributed by atoms with Crippen LogP contribution >= 0.6 is 0 Å². The van der Waals surface area contributed by atoms with Gasteiger partial charge in [0.05, 0.1) is 6.61 Å². The minimum Gasteiger partial charge on any atom is -0.466 e. The highest BCUT2D eigenvalue weighted by Gasteiger charge is 1.82. The molecule has 0 aliphatic carbocycles. The molecule has 0 fully saturated rings. The lowest BCUT2D eigenvalue weighted by Crippen LogP contribution is -1.97. The number of hydrogen-bond acceptors (Lipinski definition) is 5. The smallest absolute Gasteiger partial charge is 0.304 e. The molecule has 1 N–H and O–H groups in total. The molecular weight excluding hydrogens is 164 g/mol. The molecule has 0 radical (unpaired) electrons. The first kappa shape index (κ1) is 13.5. The maximum atomic E-state index is 9.82. The highest BCUT2D eigenvalue weighted by molar-refractivity contribution is 5.66. The average Bonchev–Trinajstić information content (AvgIpc) is 1.87. The van der Waals surface area contributed by atoms with Crippen LogP contribution in [-0.4, -0.2) is 30.4 Å². The minimum atomic E-state index is -0.519. The Bertz CT molecular complexity index is 116. The lowest BCUT2D eigenvalue weighted by molar-refractivity contribution is -0.149. The zero-order chi connectivity index (χ0) is 9.98. The molecule has 0 unspecified atom stereocenters. The van der Waals surface area contributed by atoms with Gasteiger partial charge < -0.3 is 14.6 Å². The Balaban J connectivity index is 0. The Morgan fingerprint density at radius 2 is 1.58 bits per heavy atom. The van der Waals surface area contributed by atoms with Crippen molar-refractivity contribution < 1.29 is 24.2 Å². The number of aliphatic hydroxyl groups is 1. The predicted octanol–water partition coefficient (Wildman–Crippen LogP) is 0.0687. The first-order valence-corrected chi connectivity index (χ1v) is 3.42. The van der Waals surface area contributed by atoms with Crippen molar-refractivity contribution in [1.29, 1.82) is 0 Å². The van der Waals surface area contributed by atoms with Gasteiger partial charge in [0, 0.05) is 13.8 Å². The number of rotatable bonds is 2. The van der Waals surface area contributed by atoms with Crippen molar-refractivity contribution in [3.8, 4) is 0 Å². The van der Waals surface area contributed by atoms with Crippen LogP contribution in [-0.2, 0) is 19.1 Å². The van der Waals surface area contributed by atoms with Gasteiger partial charge >= 0.3 is 11.9 Å². The van der Waals surface area contributed by atoms with Crippen LogP contribution in [0.15, 0.2) is 0 Å². The summed E-state index contributed by atoms with van der Waals surface area (Å²) >= 11 is 0. The second-order valence-corrected chi connectivity index (χ2v) is 1.69. The molecular formula is C7H14O5. The van der Waals surface area contributed by atoms with Gasteiger partial charge in [-0.25, -0.2) is 0 Å². The van der Waals surface area contributed by atoms with Crippen LogP contribution in [0.5, 0.6) is 0 Å². The third kappa shape index (κ3) is 23.1. The quantitative estimate of drug-likeness (QED) is 0.478. The van der Waals surface area contributed by atoms with Gasteiger partial charge in [0.1, 0.15) is 0 Å². The molecule has 12 heavy (non-hydrogen) atoms. The van der Waals surface area contributed by atoms with E-state index in [-0.39, 0.29) is 5.97 Å². The van der Waals surface area contributed by atoms with Crippen molar-refractivity contribution in [2.75, 3.05) is 13.4 Å². The molecule has 0 aromatic carbocycles. The molecule has 0 amide bonds. The Morgan fingerprint density at radius 1 is 1.17 bits per heavy atom. The topological polar surface area (TPSA) is 72.8 Å². The molecule has 72 valence electrons. The lowest BCUT2D eigenvalue weighted by atomic mass is 10.8. The fourth-order valence-electron chi connectivity index (χ4n) is 0.294. The highest BCUT2D eigenvalue weighted by atomic mass is 16.6. The normalized spacial score (nSPS) is 7.67. The van der Waals surface area contributed by atoms with Crippen molar-refractivity contribution in [1.82, 2.24) is 0 Å². The second-order valence-electron chi connectivity index (χ2n) is 1.69. The van der Waals surface area contributed by atoms with Crippen LogP contribution < -0.4 is 0 Å². The van der Waals surface area contributed by atoms with Crippen LogP contribution in [0, 0.1) is 0 Å². The number of aliphatic hydroxyl groups excluding tert-OH is 1. The molecule has 0 saturated heterocycles. The summed E-state index contributed by atoms with van der Waals surface area (Å²) in [4.78, 5) is 19.5. The standard InChI is InChI=1S/C4H8O2.C3H6O3/c1-3-6-4(2)5;1-3(5)6-2-4/h3H2,1-2H3;4H,2H2,1H3. The van der Waals surface area contributed by atoms with E-state index >= 15 is 0 Å². The van der Waals surface area contributed by atoms with E-state index in [1.807, 2.05) is 0 Å². The summed E-state index contributed by atoms with van der Waals surface area (Å²) in [6.07, 6.45) is 0. The average molecular weight is 178 g/mol.